The summed E-state index contributed by atoms with van der Waals surface area (Å²) in [5.41, 5.74) is 15.7. The van der Waals surface area contributed by atoms with Crippen LogP contribution in [0.15, 0.2) is 227 Å². The number of hydrogen-bond acceptors (Lipinski definition) is 4. The molecule has 59 heavy (non-hydrogen) atoms. The maximum Gasteiger partial charge on any atom is 0.227 e. The van der Waals surface area contributed by atoms with E-state index >= 15 is 0 Å². The molecule has 0 aliphatic heterocycles. The molecular formula is C55H38N2O2. The van der Waals surface area contributed by atoms with Crippen LogP contribution < -0.4 is 4.90 Å². The fourth-order valence-electron chi connectivity index (χ4n) is 8.51. The smallest absolute Gasteiger partial charge is 0.227 e. The fourth-order valence-corrected chi connectivity index (χ4v) is 8.51. The van der Waals surface area contributed by atoms with Gasteiger partial charge < -0.3 is 13.7 Å². The van der Waals surface area contributed by atoms with Gasteiger partial charge in [-0.2, -0.15) is 0 Å². The number of oxazole rings is 1. The molecule has 1 aliphatic carbocycles. The minimum atomic E-state index is 0.337. The van der Waals surface area contributed by atoms with E-state index in [2.05, 4.69) is 175 Å². The second-order valence-electron chi connectivity index (χ2n) is 15.1. The van der Waals surface area contributed by atoms with Gasteiger partial charge in [-0.05, 0) is 112 Å². The second kappa shape index (κ2) is 14.7. The summed E-state index contributed by atoms with van der Waals surface area (Å²) in [4.78, 5) is 7.31. The Morgan fingerprint density at radius 1 is 0.475 bits per heavy atom. The average Bonchev–Trinajstić information content (AvgIpc) is 3.92. The van der Waals surface area contributed by atoms with Crippen molar-refractivity contribution < 1.29 is 8.83 Å². The van der Waals surface area contributed by atoms with Crippen LogP contribution in [0.25, 0.3) is 77.9 Å². The van der Waals surface area contributed by atoms with Gasteiger partial charge in [0.25, 0.3) is 0 Å². The lowest BCUT2D eigenvalue weighted by atomic mass is 9.91. The monoisotopic (exact) mass is 758 g/mol. The van der Waals surface area contributed by atoms with E-state index in [0.717, 1.165) is 73.2 Å². The van der Waals surface area contributed by atoms with Gasteiger partial charge in [0.15, 0.2) is 5.58 Å². The summed E-state index contributed by atoms with van der Waals surface area (Å²) >= 11 is 0. The molecule has 10 aromatic rings. The molecule has 1 aliphatic rings. The molecular weight excluding hydrogens is 721 g/mol. The first-order chi connectivity index (χ1) is 29.2. The third-order valence-electron chi connectivity index (χ3n) is 11.5. The van der Waals surface area contributed by atoms with Crippen LogP contribution in [-0.4, -0.2) is 4.98 Å². The van der Waals surface area contributed by atoms with Crippen LogP contribution in [0.2, 0.25) is 0 Å². The molecule has 2 heterocycles. The van der Waals surface area contributed by atoms with Crippen LogP contribution in [0.3, 0.4) is 0 Å². The van der Waals surface area contributed by atoms with Crippen LogP contribution in [0, 0.1) is 0 Å². The molecule has 11 rings (SSSR count). The summed E-state index contributed by atoms with van der Waals surface area (Å²) < 4.78 is 12.7. The van der Waals surface area contributed by atoms with E-state index in [0.29, 0.717) is 11.8 Å². The van der Waals surface area contributed by atoms with E-state index in [9.17, 15) is 0 Å². The van der Waals surface area contributed by atoms with Gasteiger partial charge in [0.2, 0.25) is 5.89 Å². The van der Waals surface area contributed by atoms with Crippen LogP contribution in [-0.2, 0) is 0 Å². The van der Waals surface area contributed by atoms with Crippen molar-refractivity contribution >= 4 is 44.4 Å². The first-order valence-corrected chi connectivity index (χ1v) is 20.1. The van der Waals surface area contributed by atoms with Gasteiger partial charge in [-0.15, -0.1) is 0 Å². The first kappa shape index (κ1) is 34.5. The fraction of sp³-hybridized carbons (Fsp3) is 0.0364. The first-order valence-electron chi connectivity index (χ1n) is 20.1. The van der Waals surface area contributed by atoms with Gasteiger partial charge in [-0.25, -0.2) is 4.98 Å². The standard InChI is InChI=1S/C55H38N2O2/c1-5-13-37(14-6-1)38-21-26-44(27-22-38)57(46-30-32-47(40-15-7-2-8-16-40)49(36-46)41-17-9-3-10-18-41)45-28-23-39(24-29-45)43-25-31-48-52(35-43)58-50-33-34-51-54(53(48)50)56-55(59-51)42-19-11-4-12-20-42/h1-21,23-36,38H,22H2. The van der Waals surface area contributed by atoms with E-state index in [-0.39, 0.29) is 0 Å². The summed E-state index contributed by atoms with van der Waals surface area (Å²) in [5, 5.41) is 1.99. The lowest BCUT2D eigenvalue weighted by Gasteiger charge is -2.30. The second-order valence-corrected chi connectivity index (χ2v) is 15.1. The topological polar surface area (TPSA) is 42.4 Å². The van der Waals surface area contributed by atoms with Crippen LogP contribution in [0.4, 0.5) is 11.4 Å². The molecule has 0 amide bonds. The van der Waals surface area contributed by atoms with Crippen LogP contribution >= 0.6 is 0 Å². The van der Waals surface area contributed by atoms with Gasteiger partial charge in [0, 0.05) is 33.9 Å². The number of fused-ring (bicyclic) bond motifs is 5. The number of hydrogen-bond donors (Lipinski definition) is 0. The molecule has 2 aromatic heterocycles. The lowest BCUT2D eigenvalue weighted by Crippen LogP contribution is -2.17. The van der Waals surface area contributed by atoms with Gasteiger partial charge >= 0.3 is 0 Å². The average molecular weight is 759 g/mol. The van der Waals surface area contributed by atoms with Gasteiger partial charge in [-0.1, -0.05) is 146 Å². The van der Waals surface area contributed by atoms with Crippen molar-refractivity contribution in [2.45, 2.75) is 12.3 Å². The molecule has 8 aromatic carbocycles. The molecule has 4 nitrogen and oxygen atoms in total. The van der Waals surface area contributed by atoms with Gasteiger partial charge in [0.1, 0.15) is 16.7 Å². The number of rotatable bonds is 8. The lowest BCUT2D eigenvalue weighted by molar-refractivity contribution is 0.619. The molecule has 280 valence electrons. The highest BCUT2D eigenvalue weighted by atomic mass is 16.4. The van der Waals surface area contributed by atoms with Crippen molar-refractivity contribution in [3.05, 3.63) is 224 Å². The highest BCUT2D eigenvalue weighted by molar-refractivity contribution is 6.17. The Balaban J connectivity index is 0.977. The van der Waals surface area contributed by atoms with Crippen LogP contribution in [0.5, 0.6) is 0 Å². The molecule has 0 N–H and O–H groups in total. The van der Waals surface area contributed by atoms with Crippen molar-refractivity contribution in [3.63, 3.8) is 0 Å². The Hall–Kier alpha value is -7.69. The zero-order valence-electron chi connectivity index (χ0n) is 32.2. The van der Waals surface area contributed by atoms with Crippen molar-refractivity contribution in [1.82, 2.24) is 4.98 Å². The number of aromatic nitrogens is 1. The van der Waals surface area contributed by atoms with E-state index in [1.54, 1.807) is 0 Å². The Kier molecular flexibility index (Phi) is 8.59. The Morgan fingerprint density at radius 3 is 1.80 bits per heavy atom. The van der Waals surface area contributed by atoms with Crippen LogP contribution in [0.1, 0.15) is 17.9 Å². The molecule has 0 saturated heterocycles. The third kappa shape index (κ3) is 6.41. The quantitative estimate of drug-likeness (QED) is 0.155. The number of furan rings is 1. The highest BCUT2D eigenvalue weighted by Crippen LogP contribution is 2.42. The summed E-state index contributed by atoms with van der Waals surface area (Å²) in [7, 11) is 0. The molecule has 0 radical (unpaired) electrons. The Morgan fingerprint density at radius 2 is 1.10 bits per heavy atom. The molecule has 4 heteroatoms. The van der Waals surface area contributed by atoms with E-state index in [1.165, 1.54) is 27.8 Å². The van der Waals surface area contributed by atoms with Crippen molar-refractivity contribution in [2.75, 3.05) is 4.90 Å². The van der Waals surface area contributed by atoms with Crippen molar-refractivity contribution in [3.8, 4) is 44.8 Å². The van der Waals surface area contributed by atoms with Gasteiger partial charge in [0.05, 0.1) is 5.39 Å². The zero-order valence-corrected chi connectivity index (χ0v) is 32.2. The number of allylic oxidation sites excluding steroid dienone is 3. The molecule has 0 fully saturated rings. The highest BCUT2D eigenvalue weighted by Gasteiger charge is 2.21. The molecule has 0 saturated carbocycles. The van der Waals surface area contributed by atoms with E-state index in [1.807, 2.05) is 42.5 Å². The third-order valence-corrected chi connectivity index (χ3v) is 11.5. The largest absolute Gasteiger partial charge is 0.456 e. The predicted molar refractivity (Wildman–Crippen MR) is 243 cm³/mol. The Bertz CT molecular complexity index is 3160. The molecule has 1 atom stereocenters. The minimum absolute atomic E-state index is 0.337. The number of anilines is 2. The summed E-state index contributed by atoms with van der Waals surface area (Å²) in [6.07, 6.45) is 7.93. The van der Waals surface area contributed by atoms with E-state index < -0.39 is 0 Å². The van der Waals surface area contributed by atoms with Gasteiger partial charge in [-0.3, -0.25) is 0 Å². The maximum absolute atomic E-state index is 6.46. The minimum Gasteiger partial charge on any atom is -0.456 e. The predicted octanol–water partition coefficient (Wildman–Crippen LogP) is 15.2. The number of benzene rings is 8. The maximum atomic E-state index is 6.46. The SMILES string of the molecule is C1=CC(c2ccccc2)CC=C1N(c1ccc(-c2ccc3c(c2)oc2ccc4oc(-c5ccccc5)nc4c23)cc1)c1ccc(-c2ccccc2)c(-c2ccccc2)c1. The zero-order chi connectivity index (χ0) is 39.1. The van der Waals surface area contributed by atoms with Crippen molar-refractivity contribution in [1.29, 1.82) is 0 Å². The Labute approximate surface area is 342 Å². The molecule has 1 unspecified atom stereocenters. The number of nitrogens with zero attached hydrogens (tertiary/aromatic N) is 2. The van der Waals surface area contributed by atoms with Crippen molar-refractivity contribution in [2.24, 2.45) is 0 Å². The summed E-state index contributed by atoms with van der Waals surface area (Å²) in [5.74, 6) is 0.941. The molecule has 0 bridgehead atoms. The normalized spacial score (nSPS) is 13.9. The summed E-state index contributed by atoms with van der Waals surface area (Å²) in [6, 6.07) is 68.3. The summed E-state index contributed by atoms with van der Waals surface area (Å²) in [6.45, 7) is 0. The molecule has 0 spiro atoms. The van der Waals surface area contributed by atoms with E-state index in [4.69, 9.17) is 13.8 Å².